The number of benzene rings is 1. The first kappa shape index (κ1) is 9.23. The Labute approximate surface area is 84.3 Å². The van der Waals surface area contributed by atoms with Crippen molar-refractivity contribution in [3.8, 4) is 6.07 Å². The molecule has 0 amide bonds. The predicted octanol–water partition coefficient (Wildman–Crippen LogP) is 2.28. The molecule has 0 unspecified atom stereocenters. The molecule has 72 valence electrons. The van der Waals surface area contributed by atoms with Gasteiger partial charge >= 0.3 is 0 Å². The van der Waals surface area contributed by atoms with Crippen LogP contribution in [0.1, 0.15) is 35.6 Å². The highest BCUT2D eigenvalue weighted by atomic mass is 14.7. The lowest BCUT2D eigenvalue weighted by Gasteiger charge is -2.11. The fraction of sp³-hybridized carbons (Fsp3) is 0.417. The van der Waals surface area contributed by atoms with Crippen LogP contribution < -0.4 is 5.73 Å². The molecule has 2 N–H and O–H groups in total. The third-order valence-corrected chi connectivity index (χ3v) is 2.90. The Kier molecular flexibility index (Phi) is 2.26. The van der Waals surface area contributed by atoms with Crippen molar-refractivity contribution in [3.05, 3.63) is 34.9 Å². The Morgan fingerprint density at radius 1 is 1.50 bits per heavy atom. The zero-order chi connectivity index (χ0) is 10.1. The van der Waals surface area contributed by atoms with Crippen LogP contribution in [0.25, 0.3) is 0 Å². The van der Waals surface area contributed by atoms with Crippen molar-refractivity contribution < 1.29 is 0 Å². The Balaban J connectivity index is 2.30. The van der Waals surface area contributed by atoms with E-state index in [-0.39, 0.29) is 6.04 Å². The molecule has 0 bridgehead atoms. The minimum atomic E-state index is 0.127. The van der Waals surface area contributed by atoms with Gasteiger partial charge in [0.15, 0.2) is 0 Å². The van der Waals surface area contributed by atoms with Crippen molar-refractivity contribution in [2.24, 2.45) is 11.7 Å². The van der Waals surface area contributed by atoms with E-state index in [0.717, 1.165) is 16.7 Å². The molecule has 0 radical (unpaired) electrons. The second-order valence-electron chi connectivity index (χ2n) is 4.05. The van der Waals surface area contributed by atoms with Gasteiger partial charge in [0.25, 0.3) is 0 Å². The molecule has 1 atom stereocenters. The molecule has 0 aliphatic heterocycles. The third kappa shape index (κ3) is 1.64. The van der Waals surface area contributed by atoms with Gasteiger partial charge < -0.3 is 5.73 Å². The second kappa shape index (κ2) is 3.43. The Hall–Kier alpha value is -1.33. The molecule has 0 saturated heterocycles. The van der Waals surface area contributed by atoms with Gasteiger partial charge in [-0.05, 0) is 42.9 Å². The van der Waals surface area contributed by atoms with E-state index in [0.29, 0.717) is 5.92 Å². The van der Waals surface area contributed by atoms with E-state index in [1.165, 1.54) is 12.8 Å². The summed E-state index contributed by atoms with van der Waals surface area (Å²) in [6.45, 7) is 1.95. The first-order chi connectivity index (χ1) is 6.72. The maximum atomic E-state index is 8.89. The van der Waals surface area contributed by atoms with Crippen LogP contribution in [0.4, 0.5) is 0 Å². The number of nitrogens with zero attached hydrogens (tertiary/aromatic N) is 1. The monoisotopic (exact) mass is 186 g/mol. The summed E-state index contributed by atoms with van der Waals surface area (Å²) in [5.74, 6) is 0.643. The highest BCUT2D eigenvalue weighted by Gasteiger charge is 2.29. The third-order valence-electron chi connectivity index (χ3n) is 2.90. The number of hydrogen-bond donors (Lipinski definition) is 1. The van der Waals surface area contributed by atoms with Gasteiger partial charge in [-0.2, -0.15) is 5.26 Å². The molecule has 14 heavy (non-hydrogen) atoms. The topological polar surface area (TPSA) is 49.8 Å². The van der Waals surface area contributed by atoms with Gasteiger partial charge in [-0.1, -0.05) is 12.1 Å². The quantitative estimate of drug-likeness (QED) is 0.770. The average Bonchev–Trinajstić information content (AvgIpc) is 3.01. The first-order valence-corrected chi connectivity index (χ1v) is 4.98. The van der Waals surface area contributed by atoms with Crippen molar-refractivity contribution in [2.75, 3.05) is 0 Å². The summed E-state index contributed by atoms with van der Waals surface area (Å²) < 4.78 is 0. The maximum Gasteiger partial charge on any atom is 0.0994 e. The summed E-state index contributed by atoms with van der Waals surface area (Å²) in [7, 11) is 0. The standard InChI is InChI=1S/C12H14N2/c1-8-2-3-10(6-11(8)7-13)12(14)9-4-5-9/h2-3,6,9,12H,4-5,14H2,1H3/t12-/m1/s1. The van der Waals surface area contributed by atoms with Gasteiger partial charge in [0.2, 0.25) is 0 Å². The number of nitriles is 1. The van der Waals surface area contributed by atoms with Gasteiger partial charge in [-0.15, -0.1) is 0 Å². The van der Waals surface area contributed by atoms with Crippen molar-refractivity contribution in [2.45, 2.75) is 25.8 Å². The van der Waals surface area contributed by atoms with Gasteiger partial charge in [0, 0.05) is 6.04 Å². The van der Waals surface area contributed by atoms with Crippen LogP contribution in [0.3, 0.4) is 0 Å². The van der Waals surface area contributed by atoms with E-state index in [9.17, 15) is 0 Å². The van der Waals surface area contributed by atoms with E-state index in [2.05, 4.69) is 6.07 Å². The molecule has 0 spiro atoms. The summed E-state index contributed by atoms with van der Waals surface area (Å²) in [6, 6.07) is 8.27. The smallest absolute Gasteiger partial charge is 0.0994 e. The van der Waals surface area contributed by atoms with Crippen LogP contribution in [-0.4, -0.2) is 0 Å². The molecule has 1 aromatic rings. The summed E-state index contributed by atoms with van der Waals surface area (Å²) in [6.07, 6.45) is 2.47. The molecule has 1 saturated carbocycles. The highest BCUT2D eigenvalue weighted by Crippen LogP contribution is 2.39. The van der Waals surface area contributed by atoms with E-state index >= 15 is 0 Å². The van der Waals surface area contributed by atoms with Gasteiger partial charge in [-0.3, -0.25) is 0 Å². The zero-order valence-corrected chi connectivity index (χ0v) is 8.33. The van der Waals surface area contributed by atoms with Crippen molar-refractivity contribution in [3.63, 3.8) is 0 Å². The molecule has 0 heterocycles. The van der Waals surface area contributed by atoms with Crippen LogP contribution in [0, 0.1) is 24.2 Å². The van der Waals surface area contributed by atoms with Gasteiger partial charge in [0.05, 0.1) is 11.6 Å². The van der Waals surface area contributed by atoms with Crippen LogP contribution >= 0.6 is 0 Å². The number of hydrogen-bond acceptors (Lipinski definition) is 2. The fourth-order valence-electron chi connectivity index (χ4n) is 1.69. The lowest BCUT2D eigenvalue weighted by molar-refractivity contribution is 0.633. The minimum Gasteiger partial charge on any atom is -0.324 e. The van der Waals surface area contributed by atoms with E-state index < -0.39 is 0 Å². The Morgan fingerprint density at radius 3 is 2.79 bits per heavy atom. The largest absolute Gasteiger partial charge is 0.324 e. The average molecular weight is 186 g/mol. The molecule has 1 fully saturated rings. The Bertz CT molecular complexity index is 386. The lowest BCUT2D eigenvalue weighted by atomic mass is 9.99. The van der Waals surface area contributed by atoms with Crippen molar-refractivity contribution in [1.82, 2.24) is 0 Å². The van der Waals surface area contributed by atoms with Gasteiger partial charge in [-0.25, -0.2) is 0 Å². The van der Waals surface area contributed by atoms with Crippen LogP contribution in [0.5, 0.6) is 0 Å². The summed E-state index contributed by atoms with van der Waals surface area (Å²) in [4.78, 5) is 0. The van der Waals surface area contributed by atoms with E-state index in [1.807, 2.05) is 25.1 Å². The summed E-state index contributed by atoms with van der Waals surface area (Å²) in [5.41, 5.74) is 8.95. The number of rotatable bonds is 2. The lowest BCUT2D eigenvalue weighted by Crippen LogP contribution is -2.12. The molecule has 1 aliphatic carbocycles. The molecule has 2 rings (SSSR count). The Morgan fingerprint density at radius 2 is 2.21 bits per heavy atom. The van der Waals surface area contributed by atoms with E-state index in [1.54, 1.807) is 0 Å². The molecule has 2 heteroatoms. The van der Waals surface area contributed by atoms with Crippen LogP contribution in [0.15, 0.2) is 18.2 Å². The van der Waals surface area contributed by atoms with E-state index in [4.69, 9.17) is 11.0 Å². The number of nitrogens with two attached hydrogens (primary N) is 1. The normalized spacial score (nSPS) is 17.5. The maximum absolute atomic E-state index is 8.89. The highest BCUT2D eigenvalue weighted by molar-refractivity contribution is 5.41. The molecule has 0 aromatic heterocycles. The molecular formula is C12H14N2. The zero-order valence-electron chi connectivity index (χ0n) is 8.33. The molecule has 1 aliphatic rings. The summed E-state index contributed by atoms with van der Waals surface area (Å²) >= 11 is 0. The molecular weight excluding hydrogens is 172 g/mol. The fourth-order valence-corrected chi connectivity index (χ4v) is 1.69. The SMILES string of the molecule is Cc1ccc([C@H](N)C2CC2)cc1C#N. The molecule has 1 aromatic carbocycles. The first-order valence-electron chi connectivity index (χ1n) is 4.98. The summed E-state index contributed by atoms with van der Waals surface area (Å²) in [5, 5.41) is 8.89. The van der Waals surface area contributed by atoms with Crippen molar-refractivity contribution in [1.29, 1.82) is 5.26 Å². The predicted molar refractivity (Wildman–Crippen MR) is 55.5 cm³/mol. The molecule has 2 nitrogen and oxygen atoms in total. The second-order valence-corrected chi connectivity index (χ2v) is 4.05. The van der Waals surface area contributed by atoms with Crippen LogP contribution in [0.2, 0.25) is 0 Å². The van der Waals surface area contributed by atoms with Gasteiger partial charge in [0.1, 0.15) is 0 Å². The van der Waals surface area contributed by atoms with Crippen molar-refractivity contribution >= 4 is 0 Å². The minimum absolute atomic E-state index is 0.127. The number of aryl methyl sites for hydroxylation is 1. The van der Waals surface area contributed by atoms with Crippen LogP contribution in [-0.2, 0) is 0 Å².